The van der Waals surface area contributed by atoms with E-state index in [1.165, 1.54) is 0 Å². The summed E-state index contributed by atoms with van der Waals surface area (Å²) in [6.45, 7) is -0.252. The Morgan fingerprint density at radius 2 is 2.30 bits per heavy atom. The van der Waals surface area contributed by atoms with Gasteiger partial charge in [0.15, 0.2) is 17.0 Å². The zero-order valence-electron chi connectivity index (χ0n) is 12.7. The van der Waals surface area contributed by atoms with Gasteiger partial charge in [-0.3, -0.25) is 4.57 Å². The molecule has 1 saturated heterocycles. The van der Waals surface area contributed by atoms with E-state index in [1.807, 2.05) is 14.1 Å². The second kappa shape index (κ2) is 6.36. The number of aliphatic imine (C=N–C) groups is 1. The Bertz CT molecular complexity index is 734. The Morgan fingerprint density at radius 1 is 1.52 bits per heavy atom. The van der Waals surface area contributed by atoms with Crippen molar-refractivity contribution in [3.63, 3.8) is 0 Å². The fraction of sp³-hybridized carbons (Fsp3) is 0.538. The third-order valence-electron chi connectivity index (χ3n) is 3.48. The molecule has 0 aliphatic carbocycles. The van der Waals surface area contributed by atoms with Crippen LogP contribution in [0.4, 0.5) is 5.82 Å². The third kappa shape index (κ3) is 3.13. The van der Waals surface area contributed by atoms with E-state index in [2.05, 4.69) is 19.9 Å². The summed E-state index contributed by atoms with van der Waals surface area (Å²) in [6.07, 6.45) is 1.61. The van der Waals surface area contributed by atoms with Crippen molar-refractivity contribution < 1.29 is 14.9 Å². The normalized spacial score (nSPS) is 24.8. The van der Waals surface area contributed by atoms with Crippen LogP contribution in [0.15, 0.2) is 11.3 Å². The first-order chi connectivity index (χ1) is 11.0. The van der Waals surface area contributed by atoms with Crippen LogP contribution in [0.5, 0.6) is 0 Å². The first-order valence-electron chi connectivity index (χ1n) is 7.04. The molecule has 0 spiro atoms. The molecule has 2 N–H and O–H groups in total. The quantitative estimate of drug-likeness (QED) is 0.469. The standard InChI is InChI=1S/C13H17ClN6O3/c1-19(2)5-16-11-10-12(18-13(14)17-11)20(6-15-10)9-3-7(22)8(4-21)23-9/h5-9,21-22H,3-4H2,1-2H3/t7-,8+,9+/m0/s1. The Labute approximate surface area is 137 Å². The van der Waals surface area contributed by atoms with Crippen LogP contribution in [0.25, 0.3) is 11.2 Å². The van der Waals surface area contributed by atoms with Crippen molar-refractivity contribution >= 4 is 34.9 Å². The molecular weight excluding hydrogens is 324 g/mol. The van der Waals surface area contributed by atoms with Crippen molar-refractivity contribution in [3.8, 4) is 0 Å². The van der Waals surface area contributed by atoms with Crippen molar-refractivity contribution in [2.45, 2.75) is 24.9 Å². The van der Waals surface area contributed by atoms with Gasteiger partial charge in [0.2, 0.25) is 5.28 Å². The average Bonchev–Trinajstić information content (AvgIpc) is 3.07. The zero-order valence-corrected chi connectivity index (χ0v) is 13.4. The first kappa shape index (κ1) is 16.1. The number of hydrogen-bond donors (Lipinski definition) is 2. The molecule has 3 rings (SSSR count). The highest BCUT2D eigenvalue weighted by molar-refractivity contribution is 6.28. The van der Waals surface area contributed by atoms with E-state index in [9.17, 15) is 10.2 Å². The van der Waals surface area contributed by atoms with E-state index < -0.39 is 18.4 Å². The molecule has 9 nitrogen and oxygen atoms in total. The smallest absolute Gasteiger partial charge is 0.226 e. The number of imidazole rings is 1. The predicted octanol–water partition coefficient (Wildman–Crippen LogP) is 0.342. The number of ether oxygens (including phenoxy) is 1. The van der Waals surface area contributed by atoms with Gasteiger partial charge >= 0.3 is 0 Å². The van der Waals surface area contributed by atoms with E-state index in [0.29, 0.717) is 23.4 Å². The van der Waals surface area contributed by atoms with Gasteiger partial charge in [0.25, 0.3) is 0 Å². The Hall–Kier alpha value is -1.81. The summed E-state index contributed by atoms with van der Waals surface area (Å²) in [6, 6.07) is 0. The maximum absolute atomic E-state index is 9.88. The van der Waals surface area contributed by atoms with E-state index in [-0.39, 0.29) is 11.9 Å². The zero-order chi connectivity index (χ0) is 16.6. The highest BCUT2D eigenvalue weighted by Gasteiger charge is 2.35. The van der Waals surface area contributed by atoms with Gasteiger partial charge in [-0.05, 0) is 11.6 Å². The molecule has 1 fully saturated rings. The number of halogens is 1. The fourth-order valence-corrected chi connectivity index (χ4v) is 2.56. The van der Waals surface area contributed by atoms with E-state index >= 15 is 0 Å². The molecule has 124 valence electrons. The van der Waals surface area contributed by atoms with Crippen LogP contribution in [-0.2, 0) is 4.74 Å². The molecule has 0 aromatic carbocycles. The van der Waals surface area contributed by atoms with Crippen LogP contribution in [0.2, 0.25) is 5.28 Å². The van der Waals surface area contributed by atoms with Crippen LogP contribution in [0, 0.1) is 0 Å². The molecule has 3 heterocycles. The highest BCUT2D eigenvalue weighted by Crippen LogP contribution is 2.32. The molecule has 3 atom stereocenters. The van der Waals surface area contributed by atoms with Gasteiger partial charge in [0, 0.05) is 20.5 Å². The number of fused-ring (bicyclic) bond motifs is 1. The molecule has 0 amide bonds. The summed E-state index contributed by atoms with van der Waals surface area (Å²) in [5, 5.41) is 19.1. The topological polar surface area (TPSA) is 109 Å². The van der Waals surface area contributed by atoms with Gasteiger partial charge in [-0.25, -0.2) is 9.98 Å². The van der Waals surface area contributed by atoms with Crippen LogP contribution in [0.3, 0.4) is 0 Å². The third-order valence-corrected chi connectivity index (χ3v) is 3.65. The van der Waals surface area contributed by atoms with Crippen LogP contribution >= 0.6 is 11.6 Å². The number of aliphatic hydroxyl groups excluding tert-OH is 2. The number of nitrogens with zero attached hydrogens (tertiary/aromatic N) is 6. The number of aliphatic hydroxyl groups is 2. The predicted molar refractivity (Wildman–Crippen MR) is 83.8 cm³/mol. The van der Waals surface area contributed by atoms with E-state index in [1.54, 1.807) is 22.1 Å². The lowest BCUT2D eigenvalue weighted by Gasteiger charge is -2.13. The highest BCUT2D eigenvalue weighted by atomic mass is 35.5. The molecule has 0 radical (unpaired) electrons. The fourth-order valence-electron chi connectivity index (χ4n) is 2.40. The Kier molecular flexibility index (Phi) is 4.44. The van der Waals surface area contributed by atoms with Crippen LogP contribution in [0.1, 0.15) is 12.6 Å². The minimum absolute atomic E-state index is 0.0439. The lowest BCUT2D eigenvalue weighted by atomic mass is 10.2. The average molecular weight is 341 g/mol. The molecule has 0 bridgehead atoms. The monoisotopic (exact) mass is 340 g/mol. The Balaban J connectivity index is 2.01. The van der Waals surface area contributed by atoms with Crippen molar-refractivity contribution in [1.29, 1.82) is 0 Å². The van der Waals surface area contributed by atoms with Crippen molar-refractivity contribution in [2.75, 3.05) is 20.7 Å². The summed E-state index contributed by atoms with van der Waals surface area (Å²) in [7, 11) is 3.68. The molecule has 0 saturated carbocycles. The van der Waals surface area contributed by atoms with E-state index in [4.69, 9.17) is 16.3 Å². The van der Waals surface area contributed by atoms with Crippen LogP contribution < -0.4 is 0 Å². The van der Waals surface area contributed by atoms with Crippen molar-refractivity contribution in [1.82, 2.24) is 24.4 Å². The number of rotatable bonds is 4. The van der Waals surface area contributed by atoms with Gasteiger partial charge < -0.3 is 19.8 Å². The maximum atomic E-state index is 9.88. The summed E-state index contributed by atoms with van der Waals surface area (Å²) >= 11 is 5.98. The Morgan fingerprint density at radius 3 is 2.96 bits per heavy atom. The van der Waals surface area contributed by atoms with Gasteiger partial charge in [0.1, 0.15) is 12.3 Å². The second-order valence-electron chi connectivity index (χ2n) is 5.46. The molecule has 2 aromatic heterocycles. The summed E-state index contributed by atoms with van der Waals surface area (Å²) in [4.78, 5) is 18.6. The second-order valence-corrected chi connectivity index (χ2v) is 5.80. The molecule has 0 unspecified atom stereocenters. The van der Waals surface area contributed by atoms with Crippen LogP contribution in [-0.4, -0.2) is 73.9 Å². The molecule has 10 heteroatoms. The number of hydrogen-bond acceptors (Lipinski definition) is 7. The van der Waals surface area contributed by atoms with Gasteiger partial charge in [-0.2, -0.15) is 9.97 Å². The van der Waals surface area contributed by atoms with Gasteiger partial charge in [0.05, 0.1) is 25.4 Å². The summed E-state index contributed by atoms with van der Waals surface area (Å²) in [5.41, 5.74) is 0.949. The van der Waals surface area contributed by atoms with Crippen molar-refractivity contribution in [2.24, 2.45) is 4.99 Å². The molecule has 23 heavy (non-hydrogen) atoms. The largest absolute Gasteiger partial charge is 0.394 e. The van der Waals surface area contributed by atoms with Crippen molar-refractivity contribution in [3.05, 3.63) is 11.6 Å². The first-order valence-corrected chi connectivity index (χ1v) is 7.42. The maximum Gasteiger partial charge on any atom is 0.226 e. The number of aromatic nitrogens is 4. The van der Waals surface area contributed by atoms with Gasteiger partial charge in [-0.1, -0.05) is 0 Å². The molecule has 2 aromatic rings. The van der Waals surface area contributed by atoms with E-state index in [0.717, 1.165) is 0 Å². The van der Waals surface area contributed by atoms with Gasteiger partial charge in [-0.15, -0.1) is 0 Å². The lowest BCUT2D eigenvalue weighted by Crippen LogP contribution is -2.24. The molecule has 1 aliphatic heterocycles. The minimum atomic E-state index is -0.744. The minimum Gasteiger partial charge on any atom is -0.394 e. The summed E-state index contributed by atoms with van der Waals surface area (Å²) < 4.78 is 7.29. The SMILES string of the molecule is CN(C)C=Nc1nc(Cl)nc2c1ncn2[C@H]1C[C@H](O)[C@@H](CO)O1. The lowest BCUT2D eigenvalue weighted by molar-refractivity contribution is -0.0432. The molecule has 1 aliphatic rings. The molecular formula is C13H17ClN6O3. The summed E-state index contributed by atoms with van der Waals surface area (Å²) in [5.74, 6) is 0.352.